The first-order valence-corrected chi connectivity index (χ1v) is 9.83. The van der Waals surface area contributed by atoms with Gasteiger partial charge in [0.25, 0.3) is 5.91 Å². The molecule has 158 valence electrons. The van der Waals surface area contributed by atoms with Gasteiger partial charge < -0.3 is 21.3 Å². The standard InChI is InChI=1S/C24H24N4O3/c1-17(29)27-21-11-13-22(14-12-21)28-23(30)16-25-20-9-7-19(8-10-20)24(31)26-15-18-5-3-2-4-6-18/h2-14,25H,15-16H2,1H3,(H,26,31)(H,27,29)(H,28,30). The van der Waals surface area contributed by atoms with Crippen LogP contribution in [0.25, 0.3) is 0 Å². The van der Waals surface area contributed by atoms with Crippen molar-refractivity contribution in [3.8, 4) is 0 Å². The zero-order valence-electron chi connectivity index (χ0n) is 17.1. The molecule has 0 saturated heterocycles. The Labute approximate surface area is 180 Å². The van der Waals surface area contributed by atoms with Crippen LogP contribution in [-0.2, 0) is 16.1 Å². The fraction of sp³-hybridized carbons (Fsp3) is 0.125. The SMILES string of the molecule is CC(=O)Nc1ccc(NC(=O)CNc2ccc(C(=O)NCc3ccccc3)cc2)cc1. The lowest BCUT2D eigenvalue weighted by molar-refractivity contribution is -0.115. The minimum Gasteiger partial charge on any atom is -0.376 e. The molecule has 0 unspecified atom stereocenters. The maximum atomic E-state index is 12.3. The number of anilines is 3. The summed E-state index contributed by atoms with van der Waals surface area (Å²) in [5.41, 5.74) is 3.61. The lowest BCUT2D eigenvalue weighted by atomic mass is 10.1. The summed E-state index contributed by atoms with van der Waals surface area (Å²) in [5, 5.41) is 11.3. The number of amides is 3. The average Bonchev–Trinajstić information content (AvgIpc) is 2.78. The molecule has 3 amide bonds. The van der Waals surface area contributed by atoms with Gasteiger partial charge in [-0.05, 0) is 54.1 Å². The van der Waals surface area contributed by atoms with Gasteiger partial charge in [0.15, 0.2) is 0 Å². The summed E-state index contributed by atoms with van der Waals surface area (Å²) in [5.74, 6) is -0.520. The lowest BCUT2D eigenvalue weighted by Crippen LogP contribution is -2.23. The Bertz CT molecular complexity index is 1030. The molecule has 31 heavy (non-hydrogen) atoms. The van der Waals surface area contributed by atoms with E-state index in [2.05, 4.69) is 21.3 Å². The minimum absolute atomic E-state index is 0.0764. The van der Waals surface area contributed by atoms with E-state index in [9.17, 15) is 14.4 Å². The molecular formula is C24H24N4O3. The van der Waals surface area contributed by atoms with E-state index in [1.54, 1.807) is 48.5 Å². The molecule has 0 aliphatic carbocycles. The fourth-order valence-electron chi connectivity index (χ4n) is 2.85. The topological polar surface area (TPSA) is 99.3 Å². The average molecular weight is 416 g/mol. The van der Waals surface area contributed by atoms with Crippen molar-refractivity contribution >= 4 is 34.8 Å². The number of hydrogen-bond acceptors (Lipinski definition) is 4. The van der Waals surface area contributed by atoms with Gasteiger partial charge in [0, 0.05) is 36.1 Å². The Morgan fingerprint density at radius 2 is 1.29 bits per heavy atom. The molecule has 0 spiro atoms. The third-order valence-corrected chi connectivity index (χ3v) is 4.39. The molecular weight excluding hydrogens is 392 g/mol. The minimum atomic E-state index is -0.211. The molecule has 0 fully saturated rings. The highest BCUT2D eigenvalue weighted by molar-refractivity contribution is 5.95. The Morgan fingerprint density at radius 1 is 0.710 bits per heavy atom. The summed E-state index contributed by atoms with van der Waals surface area (Å²) in [4.78, 5) is 35.4. The van der Waals surface area contributed by atoms with E-state index in [4.69, 9.17) is 0 Å². The second-order valence-corrected chi connectivity index (χ2v) is 6.91. The molecule has 7 nitrogen and oxygen atoms in total. The van der Waals surface area contributed by atoms with E-state index < -0.39 is 0 Å². The Hall–Kier alpha value is -4.13. The number of hydrogen-bond donors (Lipinski definition) is 4. The van der Waals surface area contributed by atoms with Gasteiger partial charge in [-0.1, -0.05) is 30.3 Å². The molecule has 0 radical (unpaired) electrons. The van der Waals surface area contributed by atoms with Crippen molar-refractivity contribution in [2.75, 3.05) is 22.5 Å². The molecule has 0 atom stereocenters. The molecule has 3 aromatic carbocycles. The molecule has 0 heterocycles. The van der Waals surface area contributed by atoms with Crippen LogP contribution in [0.4, 0.5) is 17.1 Å². The highest BCUT2D eigenvalue weighted by Crippen LogP contribution is 2.14. The van der Waals surface area contributed by atoms with Crippen LogP contribution in [-0.4, -0.2) is 24.3 Å². The van der Waals surface area contributed by atoms with Crippen LogP contribution in [0.5, 0.6) is 0 Å². The van der Waals surface area contributed by atoms with Crippen LogP contribution >= 0.6 is 0 Å². The normalized spacial score (nSPS) is 10.1. The lowest BCUT2D eigenvalue weighted by Gasteiger charge is -2.10. The second-order valence-electron chi connectivity index (χ2n) is 6.91. The fourth-order valence-corrected chi connectivity index (χ4v) is 2.85. The first-order chi connectivity index (χ1) is 15.0. The summed E-state index contributed by atoms with van der Waals surface area (Å²) in [6, 6.07) is 23.5. The molecule has 0 saturated carbocycles. The van der Waals surface area contributed by atoms with Crippen molar-refractivity contribution in [2.45, 2.75) is 13.5 Å². The maximum Gasteiger partial charge on any atom is 0.251 e. The second kappa shape index (κ2) is 10.6. The van der Waals surface area contributed by atoms with Crippen LogP contribution in [0.1, 0.15) is 22.8 Å². The van der Waals surface area contributed by atoms with Crippen molar-refractivity contribution < 1.29 is 14.4 Å². The van der Waals surface area contributed by atoms with Gasteiger partial charge in [0.2, 0.25) is 11.8 Å². The van der Waals surface area contributed by atoms with E-state index in [1.165, 1.54) is 6.92 Å². The van der Waals surface area contributed by atoms with Crippen LogP contribution in [0.15, 0.2) is 78.9 Å². The van der Waals surface area contributed by atoms with E-state index >= 15 is 0 Å². The zero-order valence-corrected chi connectivity index (χ0v) is 17.1. The maximum absolute atomic E-state index is 12.3. The van der Waals surface area contributed by atoms with Gasteiger partial charge in [-0.15, -0.1) is 0 Å². The van der Waals surface area contributed by atoms with E-state index in [-0.39, 0.29) is 24.3 Å². The Kier molecular flexibility index (Phi) is 7.37. The highest BCUT2D eigenvalue weighted by Gasteiger charge is 2.07. The summed E-state index contributed by atoms with van der Waals surface area (Å²) in [6.07, 6.45) is 0. The van der Waals surface area contributed by atoms with Crippen molar-refractivity contribution in [3.63, 3.8) is 0 Å². The van der Waals surface area contributed by atoms with E-state index in [0.717, 1.165) is 11.3 Å². The Morgan fingerprint density at radius 3 is 1.90 bits per heavy atom. The molecule has 3 aromatic rings. The smallest absolute Gasteiger partial charge is 0.251 e. The summed E-state index contributed by atoms with van der Waals surface area (Å²) >= 11 is 0. The molecule has 3 rings (SSSR count). The van der Waals surface area contributed by atoms with Crippen LogP contribution in [0.3, 0.4) is 0 Å². The Balaban J connectivity index is 1.44. The van der Waals surface area contributed by atoms with Gasteiger partial charge >= 0.3 is 0 Å². The molecule has 0 aliphatic heterocycles. The number of nitrogens with one attached hydrogen (secondary N) is 4. The predicted molar refractivity (Wildman–Crippen MR) is 122 cm³/mol. The predicted octanol–water partition coefficient (Wildman–Crippen LogP) is 3.63. The first-order valence-electron chi connectivity index (χ1n) is 9.83. The molecule has 7 heteroatoms. The number of rotatable bonds is 8. The summed E-state index contributed by atoms with van der Waals surface area (Å²) in [6.45, 7) is 1.98. The van der Waals surface area contributed by atoms with Gasteiger partial charge in [-0.25, -0.2) is 0 Å². The van der Waals surface area contributed by atoms with Gasteiger partial charge in [0.05, 0.1) is 6.54 Å². The monoisotopic (exact) mass is 416 g/mol. The first kappa shape index (κ1) is 21.6. The van der Waals surface area contributed by atoms with Gasteiger partial charge in [-0.3, -0.25) is 14.4 Å². The van der Waals surface area contributed by atoms with E-state index in [0.29, 0.717) is 23.5 Å². The number of carbonyl (C=O) groups excluding carboxylic acids is 3. The van der Waals surface area contributed by atoms with Crippen molar-refractivity contribution in [1.29, 1.82) is 0 Å². The van der Waals surface area contributed by atoms with Crippen molar-refractivity contribution in [1.82, 2.24) is 5.32 Å². The zero-order chi connectivity index (χ0) is 22.1. The molecule has 0 bridgehead atoms. The highest BCUT2D eigenvalue weighted by atomic mass is 16.2. The van der Waals surface area contributed by atoms with E-state index in [1.807, 2.05) is 30.3 Å². The van der Waals surface area contributed by atoms with Crippen LogP contribution in [0, 0.1) is 0 Å². The quantitative estimate of drug-likeness (QED) is 0.451. The van der Waals surface area contributed by atoms with Gasteiger partial charge in [0.1, 0.15) is 0 Å². The number of benzene rings is 3. The van der Waals surface area contributed by atoms with Gasteiger partial charge in [-0.2, -0.15) is 0 Å². The van der Waals surface area contributed by atoms with Crippen molar-refractivity contribution in [3.05, 3.63) is 90.0 Å². The third kappa shape index (κ3) is 7.01. The van der Waals surface area contributed by atoms with Crippen LogP contribution < -0.4 is 21.3 Å². The molecule has 0 aromatic heterocycles. The number of carbonyl (C=O) groups is 3. The van der Waals surface area contributed by atoms with Crippen LogP contribution in [0.2, 0.25) is 0 Å². The summed E-state index contributed by atoms with van der Waals surface area (Å²) in [7, 11) is 0. The largest absolute Gasteiger partial charge is 0.376 e. The molecule has 4 N–H and O–H groups in total. The third-order valence-electron chi connectivity index (χ3n) is 4.39. The summed E-state index contributed by atoms with van der Waals surface area (Å²) < 4.78 is 0. The molecule has 0 aliphatic rings. The van der Waals surface area contributed by atoms with Crippen molar-refractivity contribution in [2.24, 2.45) is 0 Å².